The van der Waals surface area contributed by atoms with E-state index in [1.165, 1.54) is 11.1 Å². The molecule has 0 aliphatic heterocycles. The molecule has 30 heavy (non-hydrogen) atoms. The smallest absolute Gasteiger partial charge is 0.0659 e. The molecule has 2 aromatic heterocycles. The van der Waals surface area contributed by atoms with Gasteiger partial charge < -0.3 is 0 Å². The summed E-state index contributed by atoms with van der Waals surface area (Å²) < 4.78 is 0. The van der Waals surface area contributed by atoms with Crippen molar-refractivity contribution in [2.45, 2.75) is 13.8 Å². The first-order valence-electron chi connectivity index (χ1n) is 10.1. The van der Waals surface area contributed by atoms with E-state index in [1.807, 2.05) is 48.8 Å². The summed E-state index contributed by atoms with van der Waals surface area (Å²) in [7, 11) is 0. The molecule has 0 radical (unpaired) electrons. The Morgan fingerprint density at radius 1 is 0.533 bits per heavy atom. The Morgan fingerprint density at radius 3 is 1.30 bits per heavy atom. The number of aryl methyl sites for hydroxylation is 2. The number of nitrogens with zero attached hydrogens (tertiary/aromatic N) is 2. The van der Waals surface area contributed by atoms with Crippen molar-refractivity contribution in [3.63, 3.8) is 0 Å². The molecular weight excluding hydrogens is 364 g/mol. The molecule has 0 spiro atoms. The number of hydrogen-bond donors (Lipinski definition) is 0. The predicted molar refractivity (Wildman–Crippen MR) is 128 cm³/mol. The van der Waals surface area contributed by atoms with Crippen LogP contribution in [0.15, 0.2) is 85.2 Å². The molecular formula is C28H24N2. The second kappa shape index (κ2) is 9.15. The summed E-state index contributed by atoms with van der Waals surface area (Å²) in [4.78, 5) is 9.34. The van der Waals surface area contributed by atoms with Crippen LogP contribution in [-0.4, -0.2) is 9.97 Å². The van der Waals surface area contributed by atoms with Crippen molar-refractivity contribution < 1.29 is 0 Å². The summed E-state index contributed by atoms with van der Waals surface area (Å²) in [6, 6.07) is 24.9. The van der Waals surface area contributed by atoms with Crippen LogP contribution in [0.1, 0.15) is 33.6 Å². The number of benzene rings is 2. The summed E-state index contributed by atoms with van der Waals surface area (Å²) >= 11 is 0. The van der Waals surface area contributed by atoms with Gasteiger partial charge in [0.25, 0.3) is 0 Å². The first-order valence-corrected chi connectivity index (χ1v) is 10.1. The summed E-state index contributed by atoms with van der Waals surface area (Å²) in [6.07, 6.45) is 12.2. The lowest BCUT2D eigenvalue weighted by atomic mass is 10.0. The Kier molecular flexibility index (Phi) is 5.95. The highest BCUT2D eigenvalue weighted by Crippen LogP contribution is 2.23. The van der Waals surface area contributed by atoms with Crippen LogP contribution in [-0.2, 0) is 0 Å². The predicted octanol–water partition coefficient (Wildman–Crippen LogP) is 7.10. The van der Waals surface area contributed by atoms with E-state index in [-0.39, 0.29) is 0 Å². The van der Waals surface area contributed by atoms with Crippen LogP contribution in [0.2, 0.25) is 0 Å². The second-order valence-electron chi connectivity index (χ2n) is 7.34. The molecule has 0 amide bonds. The van der Waals surface area contributed by atoms with Crippen molar-refractivity contribution in [3.8, 4) is 11.1 Å². The van der Waals surface area contributed by atoms with Gasteiger partial charge in [-0.2, -0.15) is 0 Å². The van der Waals surface area contributed by atoms with Crippen LogP contribution in [0.3, 0.4) is 0 Å². The van der Waals surface area contributed by atoms with Crippen molar-refractivity contribution in [2.24, 2.45) is 0 Å². The van der Waals surface area contributed by atoms with E-state index in [0.717, 1.165) is 33.6 Å². The maximum atomic E-state index is 4.67. The average Bonchev–Trinajstić information content (AvgIpc) is 2.79. The summed E-state index contributed by atoms with van der Waals surface area (Å²) in [5.41, 5.74) is 8.75. The lowest BCUT2D eigenvalue weighted by molar-refractivity contribution is 1.21. The normalized spacial score (nSPS) is 11.4. The van der Waals surface area contributed by atoms with Crippen LogP contribution < -0.4 is 0 Å². The fourth-order valence-corrected chi connectivity index (χ4v) is 3.31. The zero-order valence-corrected chi connectivity index (χ0v) is 17.3. The number of pyridine rings is 2. The van der Waals surface area contributed by atoms with Gasteiger partial charge in [-0.25, -0.2) is 0 Å². The van der Waals surface area contributed by atoms with Gasteiger partial charge in [-0.3, -0.25) is 9.97 Å². The van der Waals surface area contributed by atoms with Crippen molar-refractivity contribution in [2.75, 3.05) is 0 Å². The molecule has 0 aliphatic rings. The molecule has 0 saturated carbocycles. The molecule has 4 aromatic rings. The van der Waals surface area contributed by atoms with Crippen LogP contribution >= 0.6 is 0 Å². The Hall–Kier alpha value is -3.78. The third-order valence-electron chi connectivity index (χ3n) is 5.04. The van der Waals surface area contributed by atoms with Crippen molar-refractivity contribution in [1.82, 2.24) is 9.97 Å². The van der Waals surface area contributed by atoms with Gasteiger partial charge in [-0.1, -0.05) is 72.8 Å². The number of rotatable bonds is 5. The van der Waals surface area contributed by atoms with Crippen LogP contribution in [0, 0.1) is 13.8 Å². The first kappa shape index (κ1) is 19.5. The Labute approximate surface area is 178 Å². The standard InChI is InChI=1S/C28H24N2/c1-21-17-25(19-29-27(21)15-13-23-9-5-3-6-10-23)26-18-22(2)28(30-20-26)16-14-24-11-7-4-8-12-24/h3-20H,1-2H3/b15-13+,16-14+. The lowest BCUT2D eigenvalue weighted by Crippen LogP contribution is -1.92. The molecule has 0 N–H and O–H groups in total. The van der Waals surface area contributed by atoms with Crippen molar-refractivity contribution >= 4 is 24.3 Å². The fourth-order valence-electron chi connectivity index (χ4n) is 3.31. The molecule has 2 heterocycles. The molecule has 2 heteroatoms. The highest BCUT2D eigenvalue weighted by Gasteiger charge is 2.05. The second-order valence-corrected chi connectivity index (χ2v) is 7.34. The zero-order chi connectivity index (χ0) is 20.8. The fraction of sp³-hybridized carbons (Fsp3) is 0.0714. The SMILES string of the molecule is Cc1cc(-c2cnc(/C=C/c3ccccc3)c(C)c2)cnc1/C=C/c1ccccc1. The molecule has 146 valence electrons. The molecule has 0 bridgehead atoms. The van der Waals surface area contributed by atoms with E-state index in [9.17, 15) is 0 Å². The van der Waals surface area contributed by atoms with Gasteiger partial charge in [-0.05, 0) is 60.4 Å². The minimum absolute atomic E-state index is 0.981. The monoisotopic (exact) mass is 388 g/mol. The molecule has 4 rings (SSSR count). The summed E-state index contributed by atoms with van der Waals surface area (Å²) in [6.45, 7) is 4.19. The summed E-state index contributed by atoms with van der Waals surface area (Å²) in [5, 5.41) is 0. The van der Waals surface area contributed by atoms with E-state index in [1.54, 1.807) is 0 Å². The maximum Gasteiger partial charge on any atom is 0.0659 e. The Morgan fingerprint density at radius 2 is 0.933 bits per heavy atom. The highest BCUT2D eigenvalue weighted by molar-refractivity contribution is 5.73. The molecule has 0 saturated heterocycles. The minimum atomic E-state index is 0.981. The van der Waals surface area contributed by atoms with Gasteiger partial charge in [0.15, 0.2) is 0 Å². The maximum absolute atomic E-state index is 4.67. The molecule has 0 aliphatic carbocycles. The molecule has 2 nitrogen and oxygen atoms in total. The first-order chi connectivity index (χ1) is 14.7. The van der Waals surface area contributed by atoms with Gasteiger partial charge in [0.05, 0.1) is 11.4 Å². The Balaban J connectivity index is 1.54. The third kappa shape index (κ3) is 4.79. The van der Waals surface area contributed by atoms with E-state index in [4.69, 9.17) is 0 Å². The van der Waals surface area contributed by atoms with Crippen LogP contribution in [0.4, 0.5) is 0 Å². The van der Waals surface area contributed by atoms with E-state index in [0.29, 0.717) is 0 Å². The number of hydrogen-bond acceptors (Lipinski definition) is 2. The van der Waals surface area contributed by atoms with E-state index < -0.39 is 0 Å². The van der Waals surface area contributed by atoms with Crippen molar-refractivity contribution in [1.29, 1.82) is 0 Å². The minimum Gasteiger partial charge on any atom is -0.256 e. The third-order valence-corrected chi connectivity index (χ3v) is 5.04. The average molecular weight is 389 g/mol. The number of aromatic nitrogens is 2. The van der Waals surface area contributed by atoms with E-state index >= 15 is 0 Å². The van der Waals surface area contributed by atoms with Gasteiger partial charge >= 0.3 is 0 Å². The van der Waals surface area contributed by atoms with Crippen molar-refractivity contribution in [3.05, 3.63) is 119 Å². The molecule has 2 aromatic carbocycles. The molecule has 0 unspecified atom stereocenters. The zero-order valence-electron chi connectivity index (χ0n) is 17.3. The quantitative estimate of drug-likeness (QED) is 0.364. The highest BCUT2D eigenvalue weighted by atomic mass is 14.7. The Bertz CT molecular complexity index is 1090. The van der Waals surface area contributed by atoms with Gasteiger partial charge in [0, 0.05) is 23.5 Å². The molecule has 0 fully saturated rings. The van der Waals surface area contributed by atoms with Gasteiger partial charge in [0.2, 0.25) is 0 Å². The largest absolute Gasteiger partial charge is 0.256 e. The van der Waals surface area contributed by atoms with Gasteiger partial charge in [-0.15, -0.1) is 0 Å². The summed E-state index contributed by atoms with van der Waals surface area (Å²) in [5.74, 6) is 0. The van der Waals surface area contributed by atoms with Crippen LogP contribution in [0.5, 0.6) is 0 Å². The van der Waals surface area contributed by atoms with Crippen LogP contribution in [0.25, 0.3) is 35.4 Å². The molecule has 0 atom stereocenters. The van der Waals surface area contributed by atoms with E-state index in [2.05, 4.69) is 84.5 Å². The lowest BCUT2D eigenvalue weighted by Gasteiger charge is -2.08. The topological polar surface area (TPSA) is 25.8 Å². The van der Waals surface area contributed by atoms with Gasteiger partial charge in [0.1, 0.15) is 0 Å².